The summed E-state index contributed by atoms with van der Waals surface area (Å²) in [5, 5.41) is 6.12. The summed E-state index contributed by atoms with van der Waals surface area (Å²) in [6.07, 6.45) is 0.593. The predicted molar refractivity (Wildman–Crippen MR) is 142 cm³/mol. The van der Waals surface area contributed by atoms with Gasteiger partial charge in [-0.05, 0) is 47.9 Å². The maximum atomic E-state index is 12.7. The fourth-order valence-corrected chi connectivity index (χ4v) is 3.95. The summed E-state index contributed by atoms with van der Waals surface area (Å²) in [6.45, 7) is 1.61. The number of H-pyrrole nitrogens is 1. The number of rotatable bonds is 10. The normalized spacial score (nSPS) is 10.6. The minimum atomic E-state index is -0.333. The Kier molecular flexibility index (Phi) is 8.15. The highest BCUT2D eigenvalue weighted by atomic mass is 16.5. The third kappa shape index (κ3) is 6.72. The Labute approximate surface area is 214 Å². The number of amides is 2. The molecule has 0 aliphatic carbocycles. The number of hydrogen-bond donors (Lipinski definition) is 3. The van der Waals surface area contributed by atoms with E-state index in [4.69, 9.17) is 4.74 Å². The zero-order chi connectivity index (χ0) is 26.2. The molecule has 4 rings (SSSR count). The lowest BCUT2D eigenvalue weighted by Gasteiger charge is -2.23. The first-order valence-electron chi connectivity index (χ1n) is 11.9. The van der Waals surface area contributed by atoms with Crippen molar-refractivity contribution in [2.45, 2.75) is 26.3 Å². The average Bonchev–Trinajstić information content (AvgIpc) is 3.32. The first kappa shape index (κ1) is 25.4. The van der Waals surface area contributed by atoms with Gasteiger partial charge in [0.15, 0.2) is 0 Å². The fourth-order valence-electron chi connectivity index (χ4n) is 3.95. The molecule has 0 radical (unpaired) electrons. The fraction of sp³-hybridized carbons (Fsp3) is 0.214. The molecule has 2 amide bonds. The highest BCUT2D eigenvalue weighted by Gasteiger charge is 2.19. The maximum Gasteiger partial charge on any atom is 0.305 e. The number of nitrogens with one attached hydrogen (secondary N) is 3. The summed E-state index contributed by atoms with van der Waals surface area (Å²) >= 11 is 0. The van der Waals surface area contributed by atoms with Gasteiger partial charge in [0.05, 0.1) is 18.1 Å². The van der Waals surface area contributed by atoms with Gasteiger partial charge in [0.1, 0.15) is 6.54 Å². The minimum Gasteiger partial charge on any atom is -0.469 e. The van der Waals surface area contributed by atoms with Gasteiger partial charge in [-0.25, -0.2) is 4.98 Å². The molecule has 9 nitrogen and oxygen atoms in total. The molecule has 0 aliphatic rings. The number of ether oxygens (including phenoxy) is 1. The molecular formula is C28H29N5O4. The lowest BCUT2D eigenvalue weighted by atomic mass is 10.1. The van der Waals surface area contributed by atoms with Crippen molar-refractivity contribution < 1.29 is 19.1 Å². The molecule has 0 unspecified atom stereocenters. The molecule has 9 heteroatoms. The number of methoxy groups -OCH3 is 1. The number of aromatic nitrogens is 2. The summed E-state index contributed by atoms with van der Waals surface area (Å²) < 4.78 is 4.72. The number of esters is 1. The zero-order valence-electron chi connectivity index (χ0n) is 20.8. The number of hydrogen-bond acceptors (Lipinski definition) is 6. The minimum absolute atomic E-state index is 0.129. The number of aryl methyl sites for hydroxylation is 1. The molecule has 0 bridgehead atoms. The molecule has 0 spiro atoms. The van der Waals surface area contributed by atoms with Gasteiger partial charge in [-0.2, -0.15) is 0 Å². The Bertz CT molecular complexity index is 1360. The quantitative estimate of drug-likeness (QED) is 0.283. The predicted octanol–water partition coefficient (Wildman–Crippen LogP) is 4.08. The van der Waals surface area contributed by atoms with Crippen LogP contribution < -0.4 is 15.5 Å². The molecule has 37 heavy (non-hydrogen) atoms. The molecule has 3 aromatic carbocycles. The van der Waals surface area contributed by atoms with Crippen LogP contribution in [0.25, 0.3) is 11.0 Å². The van der Waals surface area contributed by atoms with E-state index in [0.717, 1.165) is 27.8 Å². The Balaban J connectivity index is 1.34. The molecule has 0 aliphatic heterocycles. The Morgan fingerprint density at radius 2 is 1.70 bits per heavy atom. The van der Waals surface area contributed by atoms with E-state index in [0.29, 0.717) is 24.6 Å². The van der Waals surface area contributed by atoms with Crippen molar-refractivity contribution in [1.29, 1.82) is 0 Å². The van der Waals surface area contributed by atoms with Crippen LogP contribution in [0, 0.1) is 0 Å². The van der Waals surface area contributed by atoms with Crippen molar-refractivity contribution in [2.24, 2.45) is 0 Å². The van der Waals surface area contributed by atoms with E-state index >= 15 is 0 Å². The molecule has 0 atom stereocenters. The van der Waals surface area contributed by atoms with Crippen molar-refractivity contribution >= 4 is 46.1 Å². The third-order valence-corrected chi connectivity index (χ3v) is 5.89. The summed E-state index contributed by atoms with van der Waals surface area (Å²) in [5.74, 6) is -0.233. The largest absolute Gasteiger partial charge is 0.469 e. The third-order valence-electron chi connectivity index (χ3n) is 5.89. The highest BCUT2D eigenvalue weighted by Crippen LogP contribution is 2.22. The van der Waals surface area contributed by atoms with Crippen LogP contribution in [0.1, 0.15) is 24.5 Å². The van der Waals surface area contributed by atoms with E-state index in [9.17, 15) is 14.4 Å². The molecular weight excluding hydrogens is 470 g/mol. The number of carbonyl (C=O) groups excluding carboxylic acids is 3. The van der Waals surface area contributed by atoms with Gasteiger partial charge in [-0.3, -0.25) is 14.4 Å². The van der Waals surface area contributed by atoms with E-state index in [1.54, 1.807) is 12.1 Å². The van der Waals surface area contributed by atoms with Crippen LogP contribution in [0.15, 0.2) is 72.8 Å². The standard InChI is InChI=1S/C28H29N5O4/c1-19(34)33(25-10-6-3-7-21(25)13-16-27(36)37-2)18-26(35)29-17-20-11-14-22(15-12-20)30-28-31-23-8-4-5-9-24(23)32-28/h3-12,14-15H,13,16-18H2,1-2H3,(H,29,35)(H2,30,31,32). The number of anilines is 3. The van der Waals surface area contributed by atoms with Crippen LogP contribution in [-0.4, -0.2) is 41.4 Å². The van der Waals surface area contributed by atoms with Gasteiger partial charge in [-0.1, -0.05) is 42.5 Å². The lowest BCUT2D eigenvalue weighted by Crippen LogP contribution is -2.40. The van der Waals surface area contributed by atoms with E-state index < -0.39 is 0 Å². The molecule has 0 fully saturated rings. The number of carbonyl (C=O) groups is 3. The molecule has 1 aromatic heterocycles. The molecule has 190 valence electrons. The zero-order valence-corrected chi connectivity index (χ0v) is 20.8. The number of nitrogens with zero attached hydrogens (tertiary/aromatic N) is 2. The second kappa shape index (κ2) is 11.9. The van der Waals surface area contributed by atoms with Crippen LogP contribution >= 0.6 is 0 Å². The van der Waals surface area contributed by atoms with Crippen LogP contribution in [-0.2, 0) is 32.1 Å². The summed E-state index contributed by atoms with van der Waals surface area (Å²) in [4.78, 5) is 45.8. The first-order chi connectivity index (χ1) is 17.9. The van der Waals surface area contributed by atoms with Gasteiger partial charge in [0.25, 0.3) is 0 Å². The van der Waals surface area contributed by atoms with Crippen molar-refractivity contribution in [3.8, 4) is 0 Å². The smallest absolute Gasteiger partial charge is 0.305 e. The SMILES string of the molecule is COC(=O)CCc1ccccc1N(CC(=O)NCc1ccc(Nc2nc3ccccc3[nH]2)cc1)C(C)=O. The second-order valence-electron chi connectivity index (χ2n) is 8.51. The summed E-state index contributed by atoms with van der Waals surface area (Å²) in [5.41, 5.74) is 5.01. The molecule has 4 aromatic rings. The number of fused-ring (bicyclic) bond motifs is 1. The van der Waals surface area contributed by atoms with Gasteiger partial charge in [0, 0.05) is 31.3 Å². The van der Waals surface area contributed by atoms with Crippen LogP contribution in [0.4, 0.5) is 17.3 Å². The van der Waals surface area contributed by atoms with E-state index in [1.165, 1.54) is 18.9 Å². The first-order valence-corrected chi connectivity index (χ1v) is 11.9. The number of para-hydroxylation sites is 3. The van der Waals surface area contributed by atoms with Crippen LogP contribution in [0.3, 0.4) is 0 Å². The summed E-state index contributed by atoms with van der Waals surface area (Å²) in [7, 11) is 1.34. The van der Waals surface area contributed by atoms with Gasteiger partial charge in [0.2, 0.25) is 17.8 Å². The Morgan fingerprint density at radius 1 is 0.973 bits per heavy atom. The van der Waals surface area contributed by atoms with Crippen molar-refractivity contribution in [1.82, 2.24) is 15.3 Å². The Morgan fingerprint density at radius 3 is 2.43 bits per heavy atom. The number of imidazole rings is 1. The maximum absolute atomic E-state index is 12.7. The molecule has 1 heterocycles. The van der Waals surface area contributed by atoms with Crippen LogP contribution in [0.2, 0.25) is 0 Å². The Hall–Kier alpha value is -4.66. The second-order valence-corrected chi connectivity index (χ2v) is 8.51. The van der Waals surface area contributed by atoms with Crippen molar-refractivity contribution in [2.75, 3.05) is 23.9 Å². The van der Waals surface area contributed by atoms with Gasteiger partial charge >= 0.3 is 5.97 Å². The van der Waals surface area contributed by atoms with Crippen molar-refractivity contribution in [3.63, 3.8) is 0 Å². The number of benzene rings is 3. The van der Waals surface area contributed by atoms with E-state index in [-0.39, 0.29) is 30.7 Å². The van der Waals surface area contributed by atoms with Gasteiger partial charge < -0.3 is 25.3 Å². The summed E-state index contributed by atoms with van der Waals surface area (Å²) in [6, 6.07) is 22.7. The molecule has 0 saturated carbocycles. The topological polar surface area (TPSA) is 116 Å². The van der Waals surface area contributed by atoms with E-state index in [1.807, 2.05) is 60.7 Å². The lowest BCUT2D eigenvalue weighted by molar-refractivity contribution is -0.140. The number of aromatic amines is 1. The van der Waals surface area contributed by atoms with E-state index in [2.05, 4.69) is 20.6 Å². The molecule has 0 saturated heterocycles. The molecule has 3 N–H and O–H groups in total. The van der Waals surface area contributed by atoms with Crippen molar-refractivity contribution in [3.05, 3.63) is 83.9 Å². The average molecular weight is 500 g/mol. The highest BCUT2D eigenvalue weighted by molar-refractivity contribution is 5.98. The van der Waals surface area contributed by atoms with Gasteiger partial charge in [-0.15, -0.1) is 0 Å². The van der Waals surface area contributed by atoms with Crippen LogP contribution in [0.5, 0.6) is 0 Å². The monoisotopic (exact) mass is 499 g/mol.